The Labute approximate surface area is 258 Å². The van der Waals surface area contributed by atoms with Gasteiger partial charge in [-0.25, -0.2) is 0 Å². The number of benzene rings is 3. The number of carbonyl (C=O) groups is 2. The van der Waals surface area contributed by atoms with Gasteiger partial charge < -0.3 is 20.4 Å². The molecule has 6 rings (SSSR count). The Kier molecular flexibility index (Phi) is 9.09. The zero-order valence-electron chi connectivity index (χ0n) is 23.7. The van der Waals surface area contributed by atoms with Crippen LogP contribution >= 0.6 is 24.2 Å². The summed E-state index contributed by atoms with van der Waals surface area (Å²) in [5.41, 5.74) is 6.96. The van der Waals surface area contributed by atoms with Crippen LogP contribution in [0.15, 0.2) is 109 Å². The van der Waals surface area contributed by atoms with E-state index < -0.39 is 0 Å². The molecule has 0 spiro atoms. The molecule has 0 radical (unpaired) electrons. The summed E-state index contributed by atoms with van der Waals surface area (Å²) in [4.78, 5) is 32.1. The van der Waals surface area contributed by atoms with Gasteiger partial charge in [0.25, 0.3) is 5.91 Å². The van der Waals surface area contributed by atoms with Gasteiger partial charge in [0.1, 0.15) is 0 Å². The molecule has 1 fully saturated rings. The molecule has 1 amide bonds. The monoisotopic (exact) mass is 598 g/mol. The predicted molar refractivity (Wildman–Crippen MR) is 177 cm³/mol. The number of anilines is 2. The van der Waals surface area contributed by atoms with Crippen molar-refractivity contribution in [1.82, 2.24) is 10.2 Å². The van der Waals surface area contributed by atoms with E-state index in [-0.39, 0.29) is 36.1 Å². The van der Waals surface area contributed by atoms with Gasteiger partial charge in [-0.3, -0.25) is 9.59 Å². The van der Waals surface area contributed by atoms with Crippen molar-refractivity contribution in [3.63, 3.8) is 0 Å². The van der Waals surface area contributed by atoms with Crippen LogP contribution in [0.1, 0.15) is 27.1 Å². The average molecular weight is 599 g/mol. The second-order valence-corrected chi connectivity index (χ2v) is 11.8. The van der Waals surface area contributed by atoms with Crippen molar-refractivity contribution >= 4 is 47.2 Å². The summed E-state index contributed by atoms with van der Waals surface area (Å²) in [6.45, 7) is 0.924. The number of thioether (sulfide) groups is 1. The van der Waals surface area contributed by atoms with E-state index in [2.05, 4.69) is 33.9 Å². The summed E-state index contributed by atoms with van der Waals surface area (Å²) in [5, 5.41) is 6.41. The minimum atomic E-state index is -0.199. The van der Waals surface area contributed by atoms with E-state index in [0.717, 1.165) is 40.4 Å². The highest BCUT2D eigenvalue weighted by Crippen LogP contribution is 2.38. The highest BCUT2D eigenvalue weighted by Gasteiger charge is 2.39. The molecule has 3 aromatic carbocycles. The molecule has 0 bridgehead atoms. The first-order valence-electron chi connectivity index (χ1n) is 14.0. The van der Waals surface area contributed by atoms with Gasteiger partial charge in [0.15, 0.2) is 5.78 Å². The molecule has 2 atom stereocenters. The number of rotatable bonds is 6. The number of hydrogen-bond acceptors (Lipinski definition) is 6. The van der Waals surface area contributed by atoms with Crippen molar-refractivity contribution < 1.29 is 9.59 Å². The molecule has 0 aromatic heterocycles. The summed E-state index contributed by atoms with van der Waals surface area (Å²) in [5.74, 6) is 1.74. The zero-order chi connectivity index (χ0) is 28.3. The number of ketones is 1. The Hall–Kier alpha value is -3.94. The van der Waals surface area contributed by atoms with Gasteiger partial charge in [0.2, 0.25) is 0 Å². The number of carbonyl (C=O) groups excluding carboxylic acids is 2. The van der Waals surface area contributed by atoms with Crippen molar-refractivity contribution in [3.05, 3.63) is 120 Å². The minimum absolute atomic E-state index is 0. The lowest BCUT2D eigenvalue weighted by atomic mass is 9.79. The lowest BCUT2D eigenvalue weighted by Crippen LogP contribution is -2.47. The van der Waals surface area contributed by atoms with Crippen LogP contribution in [-0.4, -0.2) is 54.8 Å². The summed E-state index contributed by atoms with van der Waals surface area (Å²) in [6.07, 6.45) is 9.07. The fourth-order valence-corrected chi connectivity index (χ4v) is 6.90. The Morgan fingerprint density at radius 1 is 0.976 bits per heavy atom. The van der Waals surface area contributed by atoms with Crippen LogP contribution in [0.3, 0.4) is 0 Å². The lowest BCUT2D eigenvalue weighted by molar-refractivity contribution is 0.0851. The van der Waals surface area contributed by atoms with Crippen LogP contribution in [0.5, 0.6) is 0 Å². The third kappa shape index (κ3) is 5.85. The molecule has 3 aliphatic rings. The van der Waals surface area contributed by atoms with E-state index >= 15 is 0 Å². The summed E-state index contributed by atoms with van der Waals surface area (Å²) in [7, 11) is 3.87. The third-order valence-corrected chi connectivity index (χ3v) is 8.92. The Morgan fingerprint density at radius 2 is 1.76 bits per heavy atom. The number of allylic oxidation sites excluding steroid dienone is 1. The first-order valence-corrected chi connectivity index (χ1v) is 15.1. The largest absolute Gasteiger partial charge is 0.377 e. The standard InChI is InChI=1S/C34H34N4O2S.ClH/c1-37(2)31-19-25(36-34(40)28-13-7-6-12-27(28)23-9-4-3-5-10-23)15-16-29(31)33(39)30-14-8-11-24-20-35-21-26-22-41-18-17-38(26)32(24)30;/h3-13,15-16,19-21,30,32,35H,14,17-18,22H2,1-2H3,(H,36,40);1H/t30?,32-;/m1./s1. The van der Waals surface area contributed by atoms with Gasteiger partial charge in [-0.15, -0.1) is 12.4 Å². The molecule has 42 heavy (non-hydrogen) atoms. The number of fused-ring (bicyclic) bond motifs is 3. The maximum absolute atomic E-state index is 14.3. The third-order valence-electron chi connectivity index (χ3n) is 7.95. The van der Waals surface area contributed by atoms with E-state index in [1.165, 1.54) is 5.70 Å². The fourth-order valence-electron chi connectivity index (χ4n) is 5.97. The van der Waals surface area contributed by atoms with Crippen LogP contribution in [0, 0.1) is 5.92 Å². The van der Waals surface area contributed by atoms with Gasteiger partial charge in [0, 0.05) is 72.7 Å². The predicted octanol–water partition coefficient (Wildman–Crippen LogP) is 6.60. The molecular weight excluding hydrogens is 564 g/mol. The Balaban J connectivity index is 0.00000353. The normalized spacial score (nSPS) is 19.0. The quantitative estimate of drug-likeness (QED) is 0.312. The van der Waals surface area contributed by atoms with Gasteiger partial charge in [-0.2, -0.15) is 11.8 Å². The van der Waals surface area contributed by atoms with Crippen LogP contribution in [0.25, 0.3) is 11.1 Å². The Morgan fingerprint density at radius 3 is 2.57 bits per heavy atom. The molecule has 2 heterocycles. The molecule has 2 N–H and O–H groups in total. The van der Waals surface area contributed by atoms with E-state index in [4.69, 9.17) is 0 Å². The van der Waals surface area contributed by atoms with Crippen LogP contribution in [0.4, 0.5) is 11.4 Å². The topological polar surface area (TPSA) is 64.7 Å². The minimum Gasteiger partial charge on any atom is -0.377 e. The maximum atomic E-state index is 14.3. The second kappa shape index (κ2) is 12.9. The van der Waals surface area contributed by atoms with Crippen LogP contribution in [-0.2, 0) is 0 Å². The van der Waals surface area contributed by atoms with E-state index in [0.29, 0.717) is 23.2 Å². The van der Waals surface area contributed by atoms with E-state index in [9.17, 15) is 9.59 Å². The second-order valence-electron chi connectivity index (χ2n) is 10.7. The van der Waals surface area contributed by atoms with Gasteiger partial charge in [0.05, 0.1) is 12.0 Å². The van der Waals surface area contributed by atoms with Gasteiger partial charge >= 0.3 is 0 Å². The number of nitrogens with one attached hydrogen (secondary N) is 2. The average Bonchev–Trinajstić information content (AvgIpc) is 3.20. The first kappa shape index (κ1) is 29.5. The van der Waals surface area contributed by atoms with Gasteiger partial charge in [-0.05, 0) is 47.4 Å². The van der Waals surface area contributed by atoms with E-state index in [1.54, 1.807) is 0 Å². The first-order chi connectivity index (χ1) is 20.0. The van der Waals surface area contributed by atoms with Crippen molar-refractivity contribution in [1.29, 1.82) is 0 Å². The molecule has 6 nitrogen and oxygen atoms in total. The van der Waals surface area contributed by atoms with Crippen molar-refractivity contribution in [2.45, 2.75) is 12.5 Å². The molecule has 3 aromatic rings. The number of nitrogens with zero attached hydrogens (tertiary/aromatic N) is 2. The summed E-state index contributed by atoms with van der Waals surface area (Å²) >= 11 is 1.93. The number of hydrogen-bond donors (Lipinski definition) is 2. The molecular formula is C34H35ClN4O2S. The lowest BCUT2D eigenvalue weighted by Gasteiger charge is -2.42. The summed E-state index contributed by atoms with van der Waals surface area (Å²) < 4.78 is 0. The SMILES string of the molecule is CN(C)c1cc(NC(=O)c2ccccc2-c2ccccc2)ccc1C(=O)C1CC=CC2=CNC=C3CSCCN3[C@H]21.Cl. The van der Waals surface area contributed by atoms with Crippen LogP contribution < -0.4 is 15.5 Å². The smallest absolute Gasteiger partial charge is 0.256 e. The molecule has 0 saturated carbocycles. The highest BCUT2D eigenvalue weighted by atomic mass is 35.5. The Bertz CT molecular complexity index is 1570. The molecule has 8 heteroatoms. The van der Waals surface area contributed by atoms with Crippen molar-refractivity contribution in [2.24, 2.45) is 5.92 Å². The molecule has 2 aliphatic heterocycles. The zero-order valence-corrected chi connectivity index (χ0v) is 25.4. The number of amides is 1. The summed E-state index contributed by atoms with van der Waals surface area (Å²) in [6, 6.07) is 23.1. The molecule has 1 unspecified atom stereocenters. The van der Waals surface area contributed by atoms with Crippen LogP contribution in [0.2, 0.25) is 0 Å². The number of halogens is 1. The fraction of sp³-hybridized carbons (Fsp3) is 0.235. The maximum Gasteiger partial charge on any atom is 0.256 e. The van der Waals surface area contributed by atoms with Crippen molar-refractivity contribution in [3.8, 4) is 11.1 Å². The molecule has 1 aliphatic carbocycles. The molecule has 216 valence electrons. The van der Waals surface area contributed by atoms with Crippen molar-refractivity contribution in [2.75, 3.05) is 42.4 Å². The molecule has 1 saturated heterocycles. The van der Waals surface area contributed by atoms with E-state index in [1.807, 2.05) is 110 Å². The highest BCUT2D eigenvalue weighted by molar-refractivity contribution is 7.99. The van der Waals surface area contributed by atoms with Gasteiger partial charge in [-0.1, -0.05) is 60.7 Å². The number of Topliss-reactive ketones (excluding diaryl/α,β-unsaturated/α-hetero) is 1.